The Morgan fingerprint density at radius 2 is 1.30 bits per heavy atom. The molecule has 0 radical (unpaired) electrons. The summed E-state index contributed by atoms with van der Waals surface area (Å²) in [6.07, 6.45) is 0. The molecule has 2 aromatic carbocycles. The zero-order chi connectivity index (χ0) is 16.8. The second-order valence-electron chi connectivity index (χ2n) is 4.94. The predicted octanol–water partition coefficient (Wildman–Crippen LogP) is 6.22. The molecule has 0 aromatic heterocycles. The molecule has 0 aliphatic heterocycles. The van der Waals surface area contributed by atoms with Gasteiger partial charge in [-0.1, -0.05) is 28.1 Å². The summed E-state index contributed by atoms with van der Waals surface area (Å²) in [6, 6.07) is 12.7. The highest BCUT2D eigenvalue weighted by Crippen LogP contribution is 2.35. The number of halogens is 3. The van der Waals surface area contributed by atoms with E-state index in [9.17, 15) is 0 Å². The Kier molecular flexibility index (Phi) is 7.94. The van der Waals surface area contributed by atoms with E-state index in [2.05, 4.69) is 97.5 Å². The maximum atomic E-state index is 5.59. The number of benzene rings is 2. The average molecular weight is 601 g/mol. The molecule has 5 heteroatoms. The smallest absolute Gasteiger partial charge is 0.120 e. The predicted molar refractivity (Wildman–Crippen MR) is 116 cm³/mol. The van der Waals surface area contributed by atoms with Crippen LogP contribution in [0.3, 0.4) is 0 Å². The van der Waals surface area contributed by atoms with Crippen molar-refractivity contribution in [3.63, 3.8) is 0 Å². The zero-order valence-corrected chi connectivity index (χ0v) is 19.0. The third-order valence-electron chi connectivity index (χ3n) is 3.47. The Hall–Kier alpha value is -0.0200. The fraction of sp³-hybridized carbons (Fsp3) is 0.333. The van der Waals surface area contributed by atoms with Gasteiger partial charge in [-0.15, -0.1) is 0 Å². The molecule has 0 aliphatic carbocycles. The normalized spacial score (nSPS) is 10.9. The van der Waals surface area contributed by atoms with Crippen LogP contribution in [-0.2, 0) is 0 Å². The van der Waals surface area contributed by atoms with Crippen molar-refractivity contribution in [3.8, 4) is 11.5 Å². The van der Waals surface area contributed by atoms with Crippen LogP contribution in [0.25, 0.3) is 0 Å². The number of hydrogen-bond acceptors (Lipinski definition) is 2. The van der Waals surface area contributed by atoms with Gasteiger partial charge in [-0.2, -0.15) is 0 Å². The Balaban J connectivity index is 2.36. The second kappa shape index (κ2) is 9.46. The zero-order valence-electron chi connectivity index (χ0n) is 13.1. The van der Waals surface area contributed by atoms with Gasteiger partial charge in [0.2, 0.25) is 0 Å². The van der Waals surface area contributed by atoms with Gasteiger partial charge in [0.15, 0.2) is 0 Å². The maximum Gasteiger partial charge on any atom is 0.120 e. The molecule has 0 saturated heterocycles. The summed E-state index contributed by atoms with van der Waals surface area (Å²) in [6.45, 7) is 5.39. The van der Waals surface area contributed by atoms with Gasteiger partial charge in [0.25, 0.3) is 0 Å². The van der Waals surface area contributed by atoms with Gasteiger partial charge < -0.3 is 9.47 Å². The first-order valence-electron chi connectivity index (χ1n) is 7.51. The molecule has 0 unspecified atom stereocenters. The van der Waals surface area contributed by atoms with Crippen LogP contribution in [0.15, 0.2) is 36.4 Å². The van der Waals surface area contributed by atoms with Gasteiger partial charge in [-0.3, -0.25) is 0 Å². The molecule has 0 aliphatic rings. The molecule has 0 bridgehead atoms. The van der Waals surface area contributed by atoms with Gasteiger partial charge in [-0.05, 0) is 94.4 Å². The van der Waals surface area contributed by atoms with Crippen molar-refractivity contribution in [1.82, 2.24) is 0 Å². The van der Waals surface area contributed by atoms with Crippen molar-refractivity contribution in [2.24, 2.45) is 0 Å². The van der Waals surface area contributed by atoms with E-state index in [1.54, 1.807) is 0 Å². The number of rotatable bonds is 7. The number of alkyl halides is 1. The molecule has 124 valence electrons. The van der Waals surface area contributed by atoms with E-state index >= 15 is 0 Å². The van der Waals surface area contributed by atoms with E-state index in [1.807, 2.05) is 13.8 Å². The molecular formula is C18H19BrI2O2. The van der Waals surface area contributed by atoms with Gasteiger partial charge in [0.1, 0.15) is 11.5 Å². The largest absolute Gasteiger partial charge is 0.494 e. The molecule has 0 heterocycles. The summed E-state index contributed by atoms with van der Waals surface area (Å²) in [7, 11) is 0. The van der Waals surface area contributed by atoms with Gasteiger partial charge in [0, 0.05) is 18.4 Å². The van der Waals surface area contributed by atoms with Crippen molar-refractivity contribution in [2.45, 2.75) is 19.8 Å². The first kappa shape index (κ1) is 19.3. The molecule has 2 nitrogen and oxygen atoms in total. The summed E-state index contributed by atoms with van der Waals surface area (Å²) in [4.78, 5) is 0. The van der Waals surface area contributed by atoms with Crippen LogP contribution >= 0.6 is 61.1 Å². The molecule has 0 amide bonds. The lowest BCUT2D eigenvalue weighted by molar-refractivity contribution is 0.340. The van der Waals surface area contributed by atoms with Crippen molar-refractivity contribution >= 4 is 61.1 Å². The quantitative estimate of drug-likeness (QED) is 0.278. The fourth-order valence-electron chi connectivity index (χ4n) is 2.43. The number of hydrogen-bond donors (Lipinski definition) is 0. The molecule has 2 aromatic rings. The van der Waals surface area contributed by atoms with E-state index in [0.29, 0.717) is 19.1 Å². The minimum Gasteiger partial charge on any atom is -0.494 e. The molecule has 0 spiro atoms. The lowest BCUT2D eigenvalue weighted by Crippen LogP contribution is -2.07. The summed E-state index contributed by atoms with van der Waals surface area (Å²) < 4.78 is 13.6. The topological polar surface area (TPSA) is 18.5 Å². The van der Waals surface area contributed by atoms with Crippen LogP contribution in [0.1, 0.15) is 30.9 Å². The van der Waals surface area contributed by atoms with Gasteiger partial charge in [0.05, 0.1) is 13.2 Å². The third-order valence-corrected chi connectivity index (χ3v) is 5.99. The fourth-order valence-corrected chi connectivity index (χ4v) is 4.85. The van der Waals surface area contributed by atoms with Gasteiger partial charge in [-0.25, -0.2) is 0 Å². The summed E-state index contributed by atoms with van der Waals surface area (Å²) in [5.74, 6) is 2.16. The molecule has 0 atom stereocenters. The van der Waals surface area contributed by atoms with Gasteiger partial charge >= 0.3 is 0 Å². The highest BCUT2D eigenvalue weighted by atomic mass is 127. The van der Waals surface area contributed by atoms with Crippen molar-refractivity contribution < 1.29 is 9.47 Å². The van der Waals surface area contributed by atoms with Crippen LogP contribution in [0.5, 0.6) is 11.5 Å². The van der Waals surface area contributed by atoms with Crippen molar-refractivity contribution in [3.05, 3.63) is 54.7 Å². The minimum atomic E-state index is 0.306. The van der Waals surface area contributed by atoms with Crippen molar-refractivity contribution in [2.75, 3.05) is 18.5 Å². The third kappa shape index (κ3) is 4.98. The minimum absolute atomic E-state index is 0.306. The summed E-state index contributed by atoms with van der Waals surface area (Å²) >= 11 is 8.48. The van der Waals surface area contributed by atoms with E-state index in [4.69, 9.17) is 9.47 Å². The Morgan fingerprint density at radius 1 is 0.870 bits per heavy atom. The number of ether oxygens (including phenoxy) is 2. The van der Waals surface area contributed by atoms with Crippen LogP contribution in [0.2, 0.25) is 0 Å². The van der Waals surface area contributed by atoms with Crippen LogP contribution in [-0.4, -0.2) is 18.5 Å². The first-order chi connectivity index (χ1) is 11.1. The first-order valence-corrected chi connectivity index (χ1v) is 10.8. The highest BCUT2D eigenvalue weighted by molar-refractivity contribution is 14.1. The maximum absolute atomic E-state index is 5.59. The summed E-state index contributed by atoms with van der Waals surface area (Å²) in [5.41, 5.74) is 2.63. The standard InChI is InChI=1S/C18H19BrI2O2/c1-3-22-12-5-7-14(17(20)9-12)16(11-19)15-8-6-13(23-4-2)10-18(15)21/h5-10,16H,3-4,11H2,1-2H3. The Bertz CT molecular complexity index is 606. The van der Waals surface area contributed by atoms with E-state index in [-0.39, 0.29) is 0 Å². The lowest BCUT2D eigenvalue weighted by Gasteiger charge is -2.20. The highest BCUT2D eigenvalue weighted by Gasteiger charge is 2.19. The monoisotopic (exact) mass is 600 g/mol. The SMILES string of the molecule is CCOc1ccc(C(CBr)c2ccc(OCC)cc2I)c(I)c1. The second-order valence-corrected chi connectivity index (χ2v) is 7.91. The van der Waals surface area contributed by atoms with E-state index in [0.717, 1.165) is 16.8 Å². The Morgan fingerprint density at radius 3 is 1.61 bits per heavy atom. The van der Waals surface area contributed by atoms with Crippen LogP contribution < -0.4 is 9.47 Å². The molecule has 2 rings (SSSR count). The molecular weight excluding hydrogens is 582 g/mol. The average Bonchev–Trinajstić information content (AvgIpc) is 2.52. The van der Waals surface area contributed by atoms with E-state index < -0.39 is 0 Å². The molecule has 0 N–H and O–H groups in total. The Labute approximate surface area is 173 Å². The molecule has 0 fully saturated rings. The van der Waals surface area contributed by atoms with Crippen LogP contribution in [0, 0.1) is 7.14 Å². The van der Waals surface area contributed by atoms with Crippen LogP contribution in [0.4, 0.5) is 0 Å². The summed E-state index contributed by atoms with van der Waals surface area (Å²) in [5, 5.41) is 0.876. The van der Waals surface area contributed by atoms with Crippen molar-refractivity contribution in [1.29, 1.82) is 0 Å². The molecule has 0 saturated carbocycles. The molecule has 23 heavy (non-hydrogen) atoms. The lowest BCUT2D eigenvalue weighted by atomic mass is 9.93. The van der Waals surface area contributed by atoms with E-state index in [1.165, 1.54) is 18.3 Å².